The number of benzene rings is 3. The van der Waals surface area contributed by atoms with Gasteiger partial charge >= 0.3 is 11.9 Å². The van der Waals surface area contributed by atoms with Crippen LogP contribution < -0.4 is 10.6 Å². The molecule has 204 valence electrons. The molecule has 0 spiro atoms. The van der Waals surface area contributed by atoms with Crippen molar-refractivity contribution in [3.8, 4) is 0 Å². The first-order valence-corrected chi connectivity index (χ1v) is 13.6. The minimum atomic E-state index is -1.53. The molecule has 14 heteroatoms. The molecule has 4 N–H and O–H groups in total. The lowest BCUT2D eigenvalue weighted by Crippen LogP contribution is -2.25. The van der Waals surface area contributed by atoms with Crippen molar-refractivity contribution in [1.82, 2.24) is 0 Å². The van der Waals surface area contributed by atoms with Crippen LogP contribution >= 0.6 is 69.8 Å². The predicted octanol–water partition coefficient (Wildman–Crippen LogP) is 8.11. The number of hydrogen-bond acceptors (Lipinski definition) is 5. The predicted molar refractivity (Wildman–Crippen MR) is 155 cm³/mol. The average Bonchev–Trinajstić information content (AvgIpc) is 2.88. The van der Waals surface area contributed by atoms with Crippen LogP contribution in [0, 0.1) is 0 Å². The zero-order valence-electron chi connectivity index (χ0n) is 19.7. The molecule has 0 aliphatic rings. The topological polar surface area (TPSA) is 133 Å². The van der Waals surface area contributed by atoms with Gasteiger partial charge in [-0.15, -0.1) is 11.8 Å². The first-order chi connectivity index (χ1) is 18.3. The van der Waals surface area contributed by atoms with Crippen LogP contribution in [0.4, 0.5) is 11.4 Å². The van der Waals surface area contributed by atoms with Gasteiger partial charge in [0.1, 0.15) is 0 Å². The molecule has 0 bridgehead atoms. The molecule has 0 radical (unpaired) electrons. The maximum atomic E-state index is 13.0. The number of nitrogens with one attached hydrogen (secondary N) is 2. The van der Waals surface area contributed by atoms with Gasteiger partial charge in [-0.2, -0.15) is 0 Å². The van der Waals surface area contributed by atoms with Gasteiger partial charge in [0, 0.05) is 10.6 Å². The maximum Gasteiger partial charge on any atom is 0.338 e. The second-order valence-corrected chi connectivity index (χ2v) is 11.0. The minimum Gasteiger partial charge on any atom is -0.478 e. The monoisotopic (exact) mass is 648 g/mol. The third kappa shape index (κ3) is 7.11. The summed E-state index contributed by atoms with van der Waals surface area (Å²) in [5.74, 6) is -3.99. The van der Waals surface area contributed by atoms with Crippen LogP contribution in [0.5, 0.6) is 0 Å². The standard InChI is InChI=1S/C25H17Cl5N2O6S/c1-2-15(22(33)32-14-8-10(24(35)36)6-7-13(14)26)39-12-5-3-4-11(9-12)31-23(34)16-17(25(37)38)19(28)21(30)20(29)18(16)27/h3-9,15H,2H2,1H3,(H,31,34)(H,32,33)(H,35,36)(H,37,38). The zero-order valence-corrected chi connectivity index (χ0v) is 24.2. The highest BCUT2D eigenvalue weighted by Crippen LogP contribution is 2.42. The number of carbonyl (C=O) groups is 4. The Morgan fingerprint density at radius 1 is 0.821 bits per heavy atom. The van der Waals surface area contributed by atoms with Crippen molar-refractivity contribution in [1.29, 1.82) is 0 Å². The number of amides is 2. The van der Waals surface area contributed by atoms with E-state index in [1.54, 1.807) is 31.2 Å². The Kier molecular flexibility index (Phi) is 10.4. The van der Waals surface area contributed by atoms with Crippen LogP contribution in [0.2, 0.25) is 25.1 Å². The van der Waals surface area contributed by atoms with Crippen molar-refractivity contribution < 1.29 is 29.4 Å². The van der Waals surface area contributed by atoms with Gasteiger partial charge in [0.05, 0.1) is 52.7 Å². The number of hydrogen-bond donors (Lipinski definition) is 4. The van der Waals surface area contributed by atoms with Crippen molar-refractivity contribution in [2.75, 3.05) is 10.6 Å². The van der Waals surface area contributed by atoms with Crippen LogP contribution in [0.3, 0.4) is 0 Å². The number of carboxylic acid groups (broad SMARTS) is 2. The largest absolute Gasteiger partial charge is 0.478 e. The highest BCUT2D eigenvalue weighted by atomic mass is 35.5. The van der Waals surface area contributed by atoms with Crippen LogP contribution in [0.25, 0.3) is 0 Å². The average molecular weight is 651 g/mol. The van der Waals surface area contributed by atoms with Gasteiger partial charge in [-0.3, -0.25) is 9.59 Å². The van der Waals surface area contributed by atoms with E-state index in [1.165, 1.54) is 30.0 Å². The summed E-state index contributed by atoms with van der Waals surface area (Å²) in [6.07, 6.45) is 0.405. The van der Waals surface area contributed by atoms with E-state index in [0.717, 1.165) is 0 Å². The Labute approximate surface area is 251 Å². The molecule has 0 saturated heterocycles. The first kappa shape index (κ1) is 30.9. The van der Waals surface area contributed by atoms with E-state index in [0.29, 0.717) is 11.3 Å². The maximum absolute atomic E-state index is 13.0. The molecule has 0 fully saturated rings. The van der Waals surface area contributed by atoms with Crippen molar-refractivity contribution in [2.24, 2.45) is 0 Å². The van der Waals surface area contributed by atoms with Gasteiger partial charge in [-0.05, 0) is 42.8 Å². The second kappa shape index (κ2) is 13.1. The fraction of sp³-hybridized carbons (Fsp3) is 0.120. The molecule has 1 unspecified atom stereocenters. The Morgan fingerprint density at radius 2 is 1.46 bits per heavy atom. The Morgan fingerprint density at radius 3 is 2.05 bits per heavy atom. The van der Waals surface area contributed by atoms with Crippen molar-refractivity contribution in [3.05, 3.63) is 84.3 Å². The van der Waals surface area contributed by atoms with E-state index >= 15 is 0 Å². The van der Waals surface area contributed by atoms with Gasteiger partial charge in [-0.25, -0.2) is 9.59 Å². The van der Waals surface area contributed by atoms with Crippen molar-refractivity contribution in [2.45, 2.75) is 23.5 Å². The van der Waals surface area contributed by atoms with E-state index in [2.05, 4.69) is 10.6 Å². The quantitative estimate of drug-likeness (QED) is 0.104. The van der Waals surface area contributed by atoms with Gasteiger partial charge in [-0.1, -0.05) is 71.0 Å². The lowest BCUT2D eigenvalue weighted by atomic mass is 10.1. The van der Waals surface area contributed by atoms with Crippen molar-refractivity contribution in [3.63, 3.8) is 0 Å². The number of thioether (sulfide) groups is 1. The Balaban J connectivity index is 1.82. The third-order valence-corrected chi connectivity index (χ3v) is 8.70. The highest BCUT2D eigenvalue weighted by Gasteiger charge is 2.29. The molecule has 0 saturated carbocycles. The van der Waals surface area contributed by atoms with Crippen LogP contribution in [0.15, 0.2) is 47.4 Å². The smallest absolute Gasteiger partial charge is 0.338 e. The summed E-state index contributed by atoms with van der Waals surface area (Å²) in [5, 5.41) is 22.2. The third-order valence-electron chi connectivity index (χ3n) is 5.21. The number of anilines is 2. The van der Waals surface area contributed by atoms with Crippen LogP contribution in [0.1, 0.15) is 44.4 Å². The minimum absolute atomic E-state index is 0.0340. The normalized spacial score (nSPS) is 11.5. The zero-order chi connectivity index (χ0) is 29.0. The molecule has 0 aromatic heterocycles. The lowest BCUT2D eigenvalue weighted by molar-refractivity contribution is -0.115. The molecule has 0 aliphatic carbocycles. The summed E-state index contributed by atoms with van der Waals surface area (Å²) >= 11 is 31.5. The molecule has 0 heterocycles. The van der Waals surface area contributed by atoms with Crippen LogP contribution in [-0.4, -0.2) is 39.2 Å². The molecule has 3 aromatic carbocycles. The number of carbonyl (C=O) groups excluding carboxylic acids is 2. The summed E-state index contributed by atoms with van der Waals surface area (Å²) in [6.45, 7) is 1.79. The molecule has 0 aliphatic heterocycles. The molecule has 39 heavy (non-hydrogen) atoms. The molecule has 8 nitrogen and oxygen atoms in total. The van der Waals surface area contributed by atoms with E-state index in [1.807, 2.05) is 0 Å². The molecule has 3 rings (SSSR count). The van der Waals surface area contributed by atoms with Crippen molar-refractivity contribution >= 4 is 105 Å². The van der Waals surface area contributed by atoms with Gasteiger partial charge in [0.25, 0.3) is 5.91 Å². The fourth-order valence-corrected chi connectivity index (χ4v) is 5.54. The Hall–Kier alpha value is -2.66. The molecule has 1 atom stereocenters. The number of aromatic carboxylic acids is 2. The number of halogens is 5. The van der Waals surface area contributed by atoms with Gasteiger partial charge in [0.15, 0.2) is 0 Å². The Bertz CT molecular complexity index is 1500. The molecule has 2 amide bonds. The van der Waals surface area contributed by atoms with E-state index in [4.69, 9.17) is 58.0 Å². The summed E-state index contributed by atoms with van der Waals surface area (Å²) in [4.78, 5) is 49.6. The van der Waals surface area contributed by atoms with Crippen LogP contribution in [-0.2, 0) is 4.79 Å². The summed E-state index contributed by atoms with van der Waals surface area (Å²) < 4.78 is 0. The van der Waals surface area contributed by atoms with E-state index in [9.17, 15) is 29.4 Å². The summed E-state index contributed by atoms with van der Waals surface area (Å²) in [7, 11) is 0. The van der Waals surface area contributed by atoms with E-state index < -0.39 is 45.2 Å². The molecular weight excluding hydrogens is 634 g/mol. The second-order valence-electron chi connectivity index (χ2n) is 7.80. The number of rotatable bonds is 9. The van der Waals surface area contributed by atoms with E-state index in [-0.39, 0.29) is 37.0 Å². The SMILES string of the molecule is CCC(Sc1cccc(NC(=O)c2c(Cl)c(Cl)c(Cl)c(Cl)c2C(=O)O)c1)C(=O)Nc1cc(C(=O)O)ccc1Cl. The summed E-state index contributed by atoms with van der Waals surface area (Å²) in [6, 6.07) is 10.4. The summed E-state index contributed by atoms with van der Waals surface area (Å²) in [5.41, 5.74) is -0.672. The highest BCUT2D eigenvalue weighted by molar-refractivity contribution is 8.00. The van der Waals surface area contributed by atoms with Gasteiger partial charge in [0.2, 0.25) is 5.91 Å². The molecule has 3 aromatic rings. The fourth-order valence-electron chi connectivity index (χ4n) is 3.34. The number of carboxylic acids is 2. The lowest BCUT2D eigenvalue weighted by Gasteiger charge is -2.17. The molecular formula is C25H17Cl5N2O6S. The van der Waals surface area contributed by atoms with Gasteiger partial charge < -0.3 is 20.8 Å². The first-order valence-electron chi connectivity index (χ1n) is 10.9.